The summed E-state index contributed by atoms with van der Waals surface area (Å²) in [7, 11) is 0. The third kappa shape index (κ3) is 3.33. The maximum atomic E-state index is 10.9. The number of ether oxygens (including phenoxy) is 1. The number of anilines is 1. The molecule has 0 bridgehead atoms. The molecule has 0 aromatic carbocycles. The molecule has 1 atom stereocenters. The minimum Gasteiger partial charge on any atom is -0.481 e. The fraction of sp³-hybridized carbons (Fsp3) is 0.615. The van der Waals surface area contributed by atoms with Gasteiger partial charge in [-0.3, -0.25) is 4.79 Å². The number of rotatable bonds is 5. The molecule has 1 N–H and O–H groups in total. The summed E-state index contributed by atoms with van der Waals surface area (Å²) in [6.45, 7) is 5.10. The molecule has 1 aromatic heterocycles. The lowest BCUT2D eigenvalue weighted by Gasteiger charge is -2.25. The second-order valence-corrected chi connectivity index (χ2v) is 4.63. The van der Waals surface area contributed by atoms with Crippen LogP contribution in [0.4, 0.5) is 5.82 Å². The van der Waals surface area contributed by atoms with Gasteiger partial charge in [0.15, 0.2) is 0 Å². The zero-order valence-corrected chi connectivity index (χ0v) is 11.3. The summed E-state index contributed by atoms with van der Waals surface area (Å²) in [6, 6.07) is 1.80. The van der Waals surface area contributed by atoms with Crippen molar-refractivity contribution in [3.8, 4) is 5.88 Å². The third-order valence-electron chi connectivity index (χ3n) is 3.17. The quantitative estimate of drug-likeness (QED) is 0.872. The number of carboxylic acid groups (broad SMARTS) is 1. The van der Waals surface area contributed by atoms with Crippen molar-refractivity contribution in [2.45, 2.75) is 39.2 Å². The molecular weight excluding hydrogens is 246 g/mol. The number of hydrogen-bond donors (Lipinski definition) is 1. The lowest BCUT2D eigenvalue weighted by molar-refractivity contribution is -0.137. The van der Waals surface area contributed by atoms with Crippen molar-refractivity contribution >= 4 is 11.8 Å². The molecular formula is C13H19N3O3. The largest absolute Gasteiger partial charge is 0.481 e. The van der Waals surface area contributed by atoms with Crippen LogP contribution in [0.15, 0.2) is 6.07 Å². The Hall–Kier alpha value is -1.85. The average Bonchev–Trinajstić information content (AvgIpc) is 2.75. The fourth-order valence-electron chi connectivity index (χ4n) is 2.45. The molecule has 0 aliphatic carbocycles. The maximum absolute atomic E-state index is 10.9. The highest BCUT2D eigenvalue weighted by molar-refractivity contribution is 5.68. The highest BCUT2D eigenvalue weighted by Crippen LogP contribution is 2.27. The molecule has 1 saturated heterocycles. The van der Waals surface area contributed by atoms with Gasteiger partial charge in [-0.05, 0) is 26.7 Å². The predicted molar refractivity (Wildman–Crippen MR) is 70.6 cm³/mol. The van der Waals surface area contributed by atoms with E-state index < -0.39 is 5.97 Å². The van der Waals surface area contributed by atoms with Gasteiger partial charge in [-0.2, -0.15) is 4.98 Å². The number of hydrogen-bond acceptors (Lipinski definition) is 5. The van der Waals surface area contributed by atoms with E-state index in [1.54, 1.807) is 6.07 Å². The van der Waals surface area contributed by atoms with Gasteiger partial charge in [0, 0.05) is 18.7 Å². The van der Waals surface area contributed by atoms with Gasteiger partial charge in [-0.1, -0.05) is 0 Å². The van der Waals surface area contributed by atoms with E-state index in [9.17, 15) is 4.79 Å². The third-order valence-corrected chi connectivity index (χ3v) is 3.17. The Kier molecular flexibility index (Phi) is 4.19. The van der Waals surface area contributed by atoms with Gasteiger partial charge in [0.05, 0.1) is 13.0 Å². The fourth-order valence-corrected chi connectivity index (χ4v) is 2.45. The molecule has 104 valence electrons. The summed E-state index contributed by atoms with van der Waals surface area (Å²) in [4.78, 5) is 21.5. The van der Waals surface area contributed by atoms with Crippen molar-refractivity contribution in [1.29, 1.82) is 0 Å². The number of carboxylic acids is 1. The first kappa shape index (κ1) is 13.6. The van der Waals surface area contributed by atoms with Crippen molar-refractivity contribution < 1.29 is 14.6 Å². The van der Waals surface area contributed by atoms with Crippen LogP contribution in [0, 0.1) is 6.92 Å². The lowest BCUT2D eigenvalue weighted by atomic mass is 10.1. The van der Waals surface area contributed by atoms with Gasteiger partial charge in [-0.25, -0.2) is 4.98 Å². The highest BCUT2D eigenvalue weighted by atomic mass is 16.5. The summed E-state index contributed by atoms with van der Waals surface area (Å²) >= 11 is 0. The van der Waals surface area contributed by atoms with E-state index in [-0.39, 0.29) is 12.5 Å². The van der Waals surface area contributed by atoms with E-state index in [1.165, 1.54) is 0 Å². The molecule has 19 heavy (non-hydrogen) atoms. The van der Waals surface area contributed by atoms with Gasteiger partial charge in [0.25, 0.3) is 0 Å². The molecule has 6 heteroatoms. The van der Waals surface area contributed by atoms with Crippen LogP contribution in [0.5, 0.6) is 5.88 Å². The molecule has 0 saturated carbocycles. The van der Waals surface area contributed by atoms with Crippen LogP contribution in [0.1, 0.15) is 32.0 Å². The van der Waals surface area contributed by atoms with Crippen LogP contribution >= 0.6 is 0 Å². The Balaban J connectivity index is 2.22. The van der Waals surface area contributed by atoms with E-state index in [4.69, 9.17) is 9.84 Å². The van der Waals surface area contributed by atoms with E-state index in [2.05, 4.69) is 9.97 Å². The number of aromatic nitrogens is 2. The van der Waals surface area contributed by atoms with Crippen LogP contribution in [0.25, 0.3) is 0 Å². The second kappa shape index (κ2) is 5.86. The molecule has 2 rings (SSSR count). The first-order valence-corrected chi connectivity index (χ1v) is 6.57. The molecule has 1 aliphatic rings. The Morgan fingerprint density at radius 1 is 1.58 bits per heavy atom. The topological polar surface area (TPSA) is 75.5 Å². The zero-order valence-electron chi connectivity index (χ0n) is 11.3. The summed E-state index contributed by atoms with van der Waals surface area (Å²) in [5, 5.41) is 8.95. The lowest BCUT2D eigenvalue weighted by Crippen LogP contribution is -2.32. The Bertz CT molecular complexity index is 464. The van der Waals surface area contributed by atoms with Gasteiger partial charge in [0.2, 0.25) is 5.88 Å². The molecule has 1 fully saturated rings. The monoisotopic (exact) mass is 265 g/mol. The SMILES string of the molecule is CCOc1cc(N2CCCC2CC(=O)O)nc(C)n1. The molecule has 1 aliphatic heterocycles. The molecule has 0 amide bonds. The summed E-state index contributed by atoms with van der Waals surface area (Å²) in [6.07, 6.45) is 2.03. The van der Waals surface area contributed by atoms with Gasteiger partial charge >= 0.3 is 5.97 Å². The van der Waals surface area contributed by atoms with Gasteiger partial charge in [-0.15, -0.1) is 0 Å². The summed E-state index contributed by atoms with van der Waals surface area (Å²) in [5.74, 6) is 1.18. The molecule has 0 radical (unpaired) electrons. The minimum absolute atomic E-state index is 0.0151. The highest BCUT2D eigenvalue weighted by Gasteiger charge is 2.28. The Morgan fingerprint density at radius 3 is 3.05 bits per heavy atom. The van der Waals surface area contributed by atoms with Crippen LogP contribution < -0.4 is 9.64 Å². The first-order valence-electron chi connectivity index (χ1n) is 6.57. The van der Waals surface area contributed by atoms with Gasteiger partial charge < -0.3 is 14.7 Å². The Morgan fingerprint density at radius 2 is 2.37 bits per heavy atom. The molecule has 0 spiro atoms. The maximum Gasteiger partial charge on any atom is 0.305 e. The number of carbonyl (C=O) groups is 1. The molecule has 2 heterocycles. The van der Waals surface area contributed by atoms with E-state index in [0.717, 1.165) is 25.2 Å². The van der Waals surface area contributed by atoms with Crippen molar-refractivity contribution in [1.82, 2.24) is 9.97 Å². The molecule has 6 nitrogen and oxygen atoms in total. The van der Waals surface area contributed by atoms with E-state index in [1.807, 2.05) is 18.7 Å². The first-order chi connectivity index (χ1) is 9.10. The van der Waals surface area contributed by atoms with Crippen molar-refractivity contribution in [3.05, 3.63) is 11.9 Å². The van der Waals surface area contributed by atoms with Crippen LogP contribution in [0.2, 0.25) is 0 Å². The van der Waals surface area contributed by atoms with Crippen LogP contribution in [0.3, 0.4) is 0 Å². The standard InChI is InChI=1S/C13H19N3O3/c1-3-19-12-8-11(14-9(2)15-12)16-6-4-5-10(16)7-13(17)18/h8,10H,3-7H2,1-2H3,(H,17,18). The average molecular weight is 265 g/mol. The number of aliphatic carboxylic acids is 1. The smallest absolute Gasteiger partial charge is 0.305 e. The van der Waals surface area contributed by atoms with E-state index >= 15 is 0 Å². The predicted octanol–water partition coefficient (Wildman–Crippen LogP) is 1.63. The number of aryl methyl sites for hydroxylation is 1. The van der Waals surface area contributed by atoms with Crippen molar-refractivity contribution in [3.63, 3.8) is 0 Å². The van der Waals surface area contributed by atoms with Gasteiger partial charge in [0.1, 0.15) is 11.6 Å². The molecule has 1 unspecified atom stereocenters. The summed E-state index contributed by atoms with van der Waals surface area (Å²) in [5.41, 5.74) is 0. The summed E-state index contributed by atoms with van der Waals surface area (Å²) < 4.78 is 5.41. The van der Waals surface area contributed by atoms with Crippen molar-refractivity contribution in [2.24, 2.45) is 0 Å². The van der Waals surface area contributed by atoms with Crippen LogP contribution in [-0.4, -0.2) is 40.2 Å². The normalized spacial score (nSPS) is 18.6. The van der Waals surface area contributed by atoms with Crippen LogP contribution in [-0.2, 0) is 4.79 Å². The van der Waals surface area contributed by atoms with E-state index in [0.29, 0.717) is 18.3 Å². The number of nitrogens with zero attached hydrogens (tertiary/aromatic N) is 3. The van der Waals surface area contributed by atoms with Crippen molar-refractivity contribution in [2.75, 3.05) is 18.1 Å². The minimum atomic E-state index is -0.771. The second-order valence-electron chi connectivity index (χ2n) is 4.63. The zero-order chi connectivity index (χ0) is 13.8. The molecule has 1 aromatic rings. The Labute approximate surface area is 112 Å².